The Morgan fingerprint density at radius 3 is 2.81 bits per heavy atom. The van der Waals surface area contributed by atoms with Gasteiger partial charge in [-0.1, -0.05) is 19.8 Å². The molecule has 9 heteroatoms. The summed E-state index contributed by atoms with van der Waals surface area (Å²) in [6.07, 6.45) is 3.28. The minimum absolute atomic E-state index is 0.00520. The Hall–Kier alpha value is -3.36. The number of ether oxygens (including phenoxy) is 2. The lowest BCUT2D eigenvalue weighted by atomic mass is 9.73. The Bertz CT molecular complexity index is 1110. The van der Waals surface area contributed by atoms with Crippen LogP contribution in [-0.4, -0.2) is 42.0 Å². The van der Waals surface area contributed by atoms with E-state index in [0.29, 0.717) is 28.7 Å². The number of esters is 1. The molecule has 2 aliphatic rings. The number of nitrogens with zero attached hydrogens (tertiary/aromatic N) is 1. The molecule has 31 heavy (non-hydrogen) atoms. The lowest BCUT2D eigenvalue weighted by Crippen LogP contribution is -2.54. The third-order valence-electron chi connectivity index (χ3n) is 6.21. The second kappa shape index (κ2) is 8.05. The lowest BCUT2D eigenvalue weighted by molar-refractivity contribution is -0.149. The first-order chi connectivity index (χ1) is 14.8. The van der Waals surface area contributed by atoms with Gasteiger partial charge in [0.05, 0.1) is 7.11 Å². The average molecular weight is 428 g/mol. The van der Waals surface area contributed by atoms with Crippen molar-refractivity contribution in [2.24, 2.45) is 5.92 Å². The summed E-state index contributed by atoms with van der Waals surface area (Å²) < 4.78 is 15.6. The standard InChI is InChI=1S/C22H24N2O7/c1-13-5-3-4-8-22(13)20(27)24(21(28)23-22)11-19(26)30-12-14-9-18(25)31-17-10-15(29-2)6-7-16(14)17/h6-7,9-10,13H,3-5,8,11-12H2,1-2H3,(H,23,28)/t13-,22-/m1/s1. The molecule has 0 unspecified atom stereocenters. The molecule has 1 aliphatic heterocycles. The molecule has 1 spiro atoms. The minimum Gasteiger partial charge on any atom is -0.497 e. The Morgan fingerprint density at radius 1 is 1.26 bits per heavy atom. The molecule has 3 amide bonds. The maximum absolute atomic E-state index is 13.0. The number of benzene rings is 1. The molecule has 9 nitrogen and oxygen atoms in total. The molecule has 1 aromatic heterocycles. The largest absolute Gasteiger partial charge is 0.497 e. The highest BCUT2D eigenvalue weighted by Crippen LogP contribution is 2.38. The fourth-order valence-electron chi connectivity index (χ4n) is 4.43. The zero-order valence-corrected chi connectivity index (χ0v) is 17.4. The van der Waals surface area contributed by atoms with Crippen molar-refractivity contribution in [3.05, 3.63) is 40.2 Å². The first kappa shape index (κ1) is 20.9. The minimum atomic E-state index is -0.927. The van der Waals surface area contributed by atoms with Crippen LogP contribution in [-0.2, 0) is 20.9 Å². The summed E-state index contributed by atoms with van der Waals surface area (Å²) in [6.45, 7) is 1.27. The van der Waals surface area contributed by atoms with Gasteiger partial charge in [0.1, 0.15) is 30.0 Å². The molecule has 1 saturated carbocycles. The number of amides is 3. The van der Waals surface area contributed by atoms with E-state index in [9.17, 15) is 19.2 Å². The number of rotatable bonds is 5. The maximum Gasteiger partial charge on any atom is 0.336 e. The molecule has 4 rings (SSSR count). The van der Waals surface area contributed by atoms with E-state index in [1.165, 1.54) is 13.2 Å². The van der Waals surface area contributed by atoms with E-state index < -0.39 is 29.7 Å². The van der Waals surface area contributed by atoms with Crippen molar-refractivity contribution in [2.75, 3.05) is 13.7 Å². The molecule has 2 fully saturated rings. The van der Waals surface area contributed by atoms with Gasteiger partial charge >= 0.3 is 17.6 Å². The van der Waals surface area contributed by atoms with Crippen molar-refractivity contribution in [1.29, 1.82) is 0 Å². The lowest BCUT2D eigenvalue weighted by Gasteiger charge is -2.36. The van der Waals surface area contributed by atoms with Crippen LogP contribution < -0.4 is 15.7 Å². The van der Waals surface area contributed by atoms with Crippen LogP contribution in [0.15, 0.2) is 33.5 Å². The smallest absolute Gasteiger partial charge is 0.336 e. The number of methoxy groups -OCH3 is 1. The molecular formula is C22H24N2O7. The predicted molar refractivity (Wildman–Crippen MR) is 109 cm³/mol. The van der Waals surface area contributed by atoms with Gasteiger partial charge in [0, 0.05) is 23.1 Å². The van der Waals surface area contributed by atoms with Crippen molar-refractivity contribution in [3.63, 3.8) is 0 Å². The highest BCUT2D eigenvalue weighted by Gasteiger charge is 2.55. The molecule has 164 valence electrons. The van der Waals surface area contributed by atoms with Crippen LogP contribution in [0.4, 0.5) is 4.79 Å². The van der Waals surface area contributed by atoms with Gasteiger partial charge in [-0.15, -0.1) is 0 Å². The molecule has 1 N–H and O–H groups in total. The van der Waals surface area contributed by atoms with E-state index in [2.05, 4.69) is 5.32 Å². The van der Waals surface area contributed by atoms with E-state index in [4.69, 9.17) is 13.9 Å². The van der Waals surface area contributed by atoms with Crippen LogP contribution in [0.3, 0.4) is 0 Å². The topological polar surface area (TPSA) is 115 Å². The van der Waals surface area contributed by atoms with Gasteiger partial charge in [-0.3, -0.25) is 14.5 Å². The molecule has 0 bridgehead atoms. The molecule has 0 radical (unpaired) electrons. The van der Waals surface area contributed by atoms with E-state index >= 15 is 0 Å². The van der Waals surface area contributed by atoms with Gasteiger partial charge in [0.15, 0.2) is 0 Å². The summed E-state index contributed by atoms with van der Waals surface area (Å²) in [7, 11) is 1.50. The number of urea groups is 1. The second-order valence-corrected chi connectivity index (χ2v) is 8.05. The van der Waals surface area contributed by atoms with Crippen molar-refractivity contribution in [1.82, 2.24) is 10.2 Å². The summed E-state index contributed by atoms with van der Waals surface area (Å²) in [4.78, 5) is 50.6. The maximum atomic E-state index is 13.0. The number of hydrogen-bond acceptors (Lipinski definition) is 7. The fraction of sp³-hybridized carbons (Fsp3) is 0.455. The predicted octanol–water partition coefficient (Wildman–Crippen LogP) is 2.35. The van der Waals surface area contributed by atoms with E-state index in [1.54, 1.807) is 18.2 Å². The number of hydrogen-bond donors (Lipinski definition) is 1. The van der Waals surface area contributed by atoms with Crippen molar-refractivity contribution in [2.45, 2.75) is 44.8 Å². The van der Waals surface area contributed by atoms with Crippen LogP contribution in [0, 0.1) is 5.92 Å². The quantitative estimate of drug-likeness (QED) is 0.442. The molecular weight excluding hydrogens is 404 g/mol. The average Bonchev–Trinajstić information content (AvgIpc) is 2.98. The van der Waals surface area contributed by atoms with Gasteiger partial charge in [0.2, 0.25) is 0 Å². The van der Waals surface area contributed by atoms with Crippen LogP contribution >= 0.6 is 0 Å². The van der Waals surface area contributed by atoms with Gasteiger partial charge < -0.3 is 19.2 Å². The molecule has 2 aromatic rings. The normalized spacial score (nSPS) is 23.3. The number of carbonyl (C=O) groups excluding carboxylic acids is 3. The Balaban J connectivity index is 1.46. The van der Waals surface area contributed by atoms with Gasteiger partial charge in [0.25, 0.3) is 5.91 Å². The van der Waals surface area contributed by atoms with Crippen LogP contribution in [0.25, 0.3) is 11.0 Å². The first-order valence-electron chi connectivity index (χ1n) is 10.2. The second-order valence-electron chi connectivity index (χ2n) is 8.05. The van der Waals surface area contributed by atoms with Crippen molar-refractivity contribution >= 4 is 28.9 Å². The number of fused-ring (bicyclic) bond motifs is 1. The first-order valence-corrected chi connectivity index (χ1v) is 10.2. The van der Waals surface area contributed by atoms with Crippen molar-refractivity contribution < 1.29 is 28.3 Å². The highest BCUT2D eigenvalue weighted by molar-refractivity contribution is 6.09. The molecule has 1 saturated heterocycles. The zero-order valence-electron chi connectivity index (χ0n) is 17.4. The van der Waals surface area contributed by atoms with Crippen LogP contribution in [0.5, 0.6) is 5.75 Å². The third kappa shape index (κ3) is 3.75. The highest BCUT2D eigenvalue weighted by atomic mass is 16.5. The van der Waals surface area contributed by atoms with Gasteiger partial charge in [-0.25, -0.2) is 9.59 Å². The van der Waals surface area contributed by atoms with Crippen molar-refractivity contribution in [3.8, 4) is 5.75 Å². The Kier molecular flexibility index (Phi) is 5.43. The number of nitrogens with one attached hydrogen (secondary N) is 1. The Morgan fingerprint density at radius 2 is 2.06 bits per heavy atom. The summed E-state index contributed by atoms with van der Waals surface area (Å²) >= 11 is 0. The molecule has 1 aromatic carbocycles. The summed E-state index contributed by atoms with van der Waals surface area (Å²) in [5, 5.41) is 3.40. The molecule has 2 atom stereocenters. The van der Waals surface area contributed by atoms with Crippen LogP contribution in [0.1, 0.15) is 38.2 Å². The van der Waals surface area contributed by atoms with E-state index in [-0.39, 0.29) is 18.4 Å². The molecule has 1 aliphatic carbocycles. The SMILES string of the molecule is COc1ccc2c(COC(=O)CN3C(=O)N[C@@]4(CCCC[C@H]4C)C3=O)cc(=O)oc2c1. The molecule has 2 heterocycles. The monoisotopic (exact) mass is 428 g/mol. The van der Waals surface area contributed by atoms with E-state index in [1.807, 2.05) is 6.92 Å². The number of carbonyl (C=O) groups is 3. The summed E-state index contributed by atoms with van der Waals surface area (Å²) in [6, 6.07) is 5.64. The fourth-order valence-corrected chi connectivity index (χ4v) is 4.43. The third-order valence-corrected chi connectivity index (χ3v) is 6.21. The zero-order chi connectivity index (χ0) is 22.2. The Labute approximate surface area is 178 Å². The summed E-state index contributed by atoms with van der Waals surface area (Å²) in [5.41, 5.74) is -0.755. The van der Waals surface area contributed by atoms with Gasteiger partial charge in [-0.05, 0) is 30.9 Å². The van der Waals surface area contributed by atoms with Gasteiger partial charge in [-0.2, -0.15) is 0 Å². The van der Waals surface area contributed by atoms with Crippen LogP contribution in [0.2, 0.25) is 0 Å². The summed E-state index contributed by atoms with van der Waals surface area (Å²) in [5.74, 6) is -0.585. The van der Waals surface area contributed by atoms with E-state index in [0.717, 1.165) is 24.2 Å². The number of imide groups is 1.